The Hall–Kier alpha value is -2.42. The second kappa shape index (κ2) is 4.93. The van der Waals surface area contributed by atoms with Crippen molar-refractivity contribution in [3.05, 3.63) is 64.4 Å². The Bertz CT molecular complexity index is 817. The van der Waals surface area contributed by atoms with E-state index in [1.807, 2.05) is 24.3 Å². The van der Waals surface area contributed by atoms with Gasteiger partial charge in [-0.2, -0.15) is 5.10 Å². The molecular formula is C17H16N2O. The van der Waals surface area contributed by atoms with Crippen LogP contribution in [0.4, 0.5) is 0 Å². The van der Waals surface area contributed by atoms with Crippen molar-refractivity contribution in [1.82, 2.24) is 9.78 Å². The van der Waals surface area contributed by atoms with E-state index >= 15 is 0 Å². The zero-order chi connectivity index (χ0) is 14.1. The molecule has 0 saturated carbocycles. The molecule has 3 heteroatoms. The number of nitrogens with zero attached hydrogens (tertiary/aromatic N) is 2. The van der Waals surface area contributed by atoms with Gasteiger partial charge in [0.05, 0.1) is 11.1 Å². The lowest BCUT2D eigenvalue weighted by atomic mass is 10.0. The van der Waals surface area contributed by atoms with Crippen molar-refractivity contribution >= 4 is 10.8 Å². The Balaban J connectivity index is 2.30. The third-order valence-electron chi connectivity index (χ3n) is 3.59. The molecule has 0 N–H and O–H groups in total. The SMILES string of the molecule is CCc1ccc(-c2nn(C)c(=O)c3ccccc23)cc1. The van der Waals surface area contributed by atoms with Gasteiger partial charge >= 0.3 is 0 Å². The fourth-order valence-corrected chi connectivity index (χ4v) is 2.41. The van der Waals surface area contributed by atoms with E-state index in [-0.39, 0.29) is 5.56 Å². The molecule has 100 valence electrons. The summed E-state index contributed by atoms with van der Waals surface area (Å²) in [5, 5.41) is 6.04. The molecular weight excluding hydrogens is 248 g/mol. The third kappa shape index (κ3) is 2.01. The van der Waals surface area contributed by atoms with Crippen LogP contribution >= 0.6 is 0 Å². The molecule has 3 rings (SSSR count). The zero-order valence-electron chi connectivity index (χ0n) is 11.6. The Morgan fingerprint density at radius 2 is 1.65 bits per heavy atom. The lowest BCUT2D eigenvalue weighted by Gasteiger charge is -2.08. The molecule has 3 aromatic rings. The molecule has 20 heavy (non-hydrogen) atoms. The average Bonchev–Trinajstić information content (AvgIpc) is 2.51. The first-order valence-corrected chi connectivity index (χ1v) is 6.76. The zero-order valence-corrected chi connectivity index (χ0v) is 11.6. The normalized spacial score (nSPS) is 10.9. The van der Waals surface area contributed by atoms with E-state index in [4.69, 9.17) is 0 Å². The minimum atomic E-state index is -0.0606. The molecule has 0 aliphatic carbocycles. The lowest BCUT2D eigenvalue weighted by Crippen LogP contribution is -2.20. The number of fused-ring (bicyclic) bond motifs is 1. The summed E-state index contributed by atoms with van der Waals surface area (Å²) in [5.41, 5.74) is 3.12. The average molecular weight is 264 g/mol. The van der Waals surface area contributed by atoms with Crippen LogP contribution in [0.15, 0.2) is 53.3 Å². The van der Waals surface area contributed by atoms with Crippen LogP contribution < -0.4 is 5.56 Å². The number of hydrogen-bond acceptors (Lipinski definition) is 2. The van der Waals surface area contributed by atoms with Crippen LogP contribution in [-0.4, -0.2) is 9.78 Å². The summed E-state index contributed by atoms with van der Waals surface area (Å²) in [6, 6.07) is 16.0. The van der Waals surface area contributed by atoms with Gasteiger partial charge in [-0.25, -0.2) is 4.68 Å². The molecule has 0 aliphatic heterocycles. The Morgan fingerprint density at radius 3 is 2.30 bits per heavy atom. The molecule has 0 amide bonds. The third-order valence-corrected chi connectivity index (χ3v) is 3.59. The van der Waals surface area contributed by atoms with Gasteiger partial charge in [0.1, 0.15) is 0 Å². The fraction of sp³-hybridized carbons (Fsp3) is 0.176. The molecule has 3 nitrogen and oxygen atoms in total. The second-order valence-electron chi connectivity index (χ2n) is 4.87. The summed E-state index contributed by atoms with van der Waals surface area (Å²) in [6.45, 7) is 2.13. The highest BCUT2D eigenvalue weighted by atomic mass is 16.1. The summed E-state index contributed by atoms with van der Waals surface area (Å²) in [4.78, 5) is 12.1. The van der Waals surface area contributed by atoms with Crippen molar-refractivity contribution < 1.29 is 0 Å². The maximum Gasteiger partial charge on any atom is 0.274 e. The fourth-order valence-electron chi connectivity index (χ4n) is 2.41. The lowest BCUT2D eigenvalue weighted by molar-refractivity contribution is 0.722. The van der Waals surface area contributed by atoms with Crippen molar-refractivity contribution in [3.63, 3.8) is 0 Å². The van der Waals surface area contributed by atoms with Gasteiger partial charge in [-0.1, -0.05) is 49.4 Å². The van der Waals surface area contributed by atoms with Gasteiger partial charge in [0.2, 0.25) is 0 Å². The summed E-state index contributed by atoms with van der Waals surface area (Å²) >= 11 is 0. The first-order valence-electron chi connectivity index (χ1n) is 6.76. The van der Waals surface area contributed by atoms with Crippen LogP contribution in [0.1, 0.15) is 12.5 Å². The van der Waals surface area contributed by atoms with E-state index in [2.05, 4.69) is 36.3 Å². The molecule has 0 fully saturated rings. The molecule has 0 aliphatic rings. The predicted octanol–water partition coefficient (Wildman–Crippen LogP) is 3.16. The quantitative estimate of drug-likeness (QED) is 0.712. The van der Waals surface area contributed by atoms with Gasteiger partial charge in [-0.15, -0.1) is 0 Å². The van der Waals surface area contributed by atoms with E-state index in [0.29, 0.717) is 5.39 Å². The summed E-state index contributed by atoms with van der Waals surface area (Å²) in [7, 11) is 1.69. The number of aryl methyl sites for hydroxylation is 2. The summed E-state index contributed by atoms with van der Waals surface area (Å²) in [5.74, 6) is 0. The molecule has 1 heterocycles. The number of aromatic nitrogens is 2. The number of rotatable bonds is 2. The van der Waals surface area contributed by atoms with Gasteiger partial charge in [0.25, 0.3) is 5.56 Å². The molecule has 0 spiro atoms. The first-order chi connectivity index (χ1) is 9.70. The van der Waals surface area contributed by atoms with E-state index in [0.717, 1.165) is 23.1 Å². The highest BCUT2D eigenvalue weighted by molar-refractivity contribution is 5.93. The van der Waals surface area contributed by atoms with Gasteiger partial charge in [0, 0.05) is 18.0 Å². The van der Waals surface area contributed by atoms with Crippen LogP contribution in [0.5, 0.6) is 0 Å². The maximum atomic E-state index is 12.1. The molecule has 1 aromatic heterocycles. The van der Waals surface area contributed by atoms with Crippen LogP contribution in [0, 0.1) is 0 Å². The topological polar surface area (TPSA) is 34.9 Å². The van der Waals surface area contributed by atoms with Crippen molar-refractivity contribution in [2.75, 3.05) is 0 Å². The standard InChI is InChI=1S/C17H16N2O/c1-3-12-8-10-13(11-9-12)16-14-6-4-5-7-15(14)17(20)19(2)18-16/h4-11H,3H2,1-2H3. The Kier molecular flexibility index (Phi) is 3.11. The molecule has 0 radical (unpaired) electrons. The van der Waals surface area contributed by atoms with Gasteiger partial charge < -0.3 is 0 Å². The van der Waals surface area contributed by atoms with E-state index in [1.54, 1.807) is 7.05 Å². The van der Waals surface area contributed by atoms with Gasteiger partial charge in [0.15, 0.2) is 0 Å². The van der Waals surface area contributed by atoms with Crippen molar-refractivity contribution in [2.45, 2.75) is 13.3 Å². The van der Waals surface area contributed by atoms with Gasteiger partial charge in [-0.3, -0.25) is 4.79 Å². The molecule has 0 bridgehead atoms. The van der Waals surface area contributed by atoms with Crippen LogP contribution in [0.2, 0.25) is 0 Å². The largest absolute Gasteiger partial charge is 0.274 e. The van der Waals surface area contributed by atoms with E-state index < -0.39 is 0 Å². The van der Waals surface area contributed by atoms with Crippen LogP contribution in [0.25, 0.3) is 22.0 Å². The van der Waals surface area contributed by atoms with Crippen molar-refractivity contribution in [3.8, 4) is 11.3 Å². The number of hydrogen-bond donors (Lipinski definition) is 0. The second-order valence-corrected chi connectivity index (χ2v) is 4.87. The van der Waals surface area contributed by atoms with E-state index in [1.165, 1.54) is 10.2 Å². The van der Waals surface area contributed by atoms with Crippen molar-refractivity contribution in [1.29, 1.82) is 0 Å². The Morgan fingerprint density at radius 1 is 1.00 bits per heavy atom. The van der Waals surface area contributed by atoms with E-state index in [9.17, 15) is 4.79 Å². The molecule has 0 unspecified atom stereocenters. The van der Waals surface area contributed by atoms with Crippen LogP contribution in [-0.2, 0) is 13.5 Å². The van der Waals surface area contributed by atoms with Crippen molar-refractivity contribution in [2.24, 2.45) is 7.05 Å². The predicted molar refractivity (Wildman–Crippen MR) is 81.8 cm³/mol. The smallest absolute Gasteiger partial charge is 0.267 e. The minimum Gasteiger partial charge on any atom is -0.267 e. The minimum absolute atomic E-state index is 0.0606. The first kappa shape index (κ1) is 12.6. The molecule has 2 aromatic carbocycles. The van der Waals surface area contributed by atoms with Gasteiger partial charge in [-0.05, 0) is 18.1 Å². The highest BCUT2D eigenvalue weighted by Crippen LogP contribution is 2.24. The summed E-state index contributed by atoms with van der Waals surface area (Å²) < 4.78 is 1.41. The summed E-state index contributed by atoms with van der Waals surface area (Å²) in [6.07, 6.45) is 1.02. The monoisotopic (exact) mass is 264 g/mol. The highest BCUT2D eigenvalue weighted by Gasteiger charge is 2.09. The maximum absolute atomic E-state index is 12.1. The molecule has 0 atom stereocenters. The number of benzene rings is 2. The van der Waals surface area contributed by atoms with Crippen LogP contribution in [0.3, 0.4) is 0 Å². The molecule has 0 saturated heterocycles. The Labute approximate surface area is 117 Å².